The molecule has 0 aliphatic carbocycles. The maximum absolute atomic E-state index is 12.4. The Morgan fingerprint density at radius 1 is 1.44 bits per heavy atom. The number of pyridine rings is 1. The number of carbonyl (C=O) groups is 1. The van der Waals surface area contributed by atoms with Gasteiger partial charge >= 0.3 is 0 Å². The minimum absolute atomic E-state index is 0.0301. The number of anilines is 1. The van der Waals surface area contributed by atoms with Gasteiger partial charge in [-0.05, 0) is 53.5 Å². The van der Waals surface area contributed by atoms with Crippen LogP contribution in [0.2, 0.25) is 0 Å². The molecule has 5 heteroatoms. The van der Waals surface area contributed by atoms with Gasteiger partial charge in [-0.3, -0.25) is 9.78 Å². The predicted octanol–water partition coefficient (Wildman–Crippen LogP) is 3.88. The first-order valence-electron chi connectivity index (χ1n) is 5.61. The molecule has 0 aliphatic heterocycles. The highest BCUT2D eigenvalue weighted by molar-refractivity contribution is 9.11. The molecule has 0 N–H and O–H groups in total. The van der Waals surface area contributed by atoms with E-state index in [9.17, 15) is 4.79 Å². The number of nitrogens with zero attached hydrogens (tertiary/aromatic N) is 2. The van der Waals surface area contributed by atoms with E-state index in [1.807, 2.05) is 32.0 Å². The third-order valence-electron chi connectivity index (χ3n) is 2.60. The fourth-order valence-corrected chi connectivity index (χ4v) is 3.15. The number of aromatic nitrogens is 1. The van der Waals surface area contributed by atoms with Gasteiger partial charge in [0.1, 0.15) is 0 Å². The number of amides is 1. The molecule has 18 heavy (non-hydrogen) atoms. The van der Waals surface area contributed by atoms with E-state index in [0.29, 0.717) is 6.54 Å². The Kier molecular flexibility index (Phi) is 4.14. The average Bonchev–Trinajstić information content (AvgIpc) is 2.72. The second-order valence-electron chi connectivity index (χ2n) is 3.82. The monoisotopic (exact) mass is 324 g/mol. The molecule has 0 bridgehead atoms. The molecule has 2 heterocycles. The first-order chi connectivity index (χ1) is 8.63. The van der Waals surface area contributed by atoms with Crippen molar-refractivity contribution < 1.29 is 4.79 Å². The van der Waals surface area contributed by atoms with E-state index in [-0.39, 0.29) is 5.91 Å². The summed E-state index contributed by atoms with van der Waals surface area (Å²) >= 11 is 4.92. The maximum atomic E-state index is 12.4. The predicted molar refractivity (Wildman–Crippen MR) is 78.3 cm³/mol. The quantitative estimate of drug-likeness (QED) is 0.858. The van der Waals surface area contributed by atoms with Crippen molar-refractivity contribution in [2.75, 3.05) is 11.4 Å². The van der Waals surface area contributed by atoms with Crippen LogP contribution in [0.3, 0.4) is 0 Å². The molecule has 0 aliphatic rings. The third-order valence-corrected chi connectivity index (χ3v) is 4.73. The molecule has 1 amide bonds. The van der Waals surface area contributed by atoms with Crippen LogP contribution in [0.15, 0.2) is 34.4 Å². The van der Waals surface area contributed by atoms with Crippen molar-refractivity contribution in [3.05, 3.63) is 44.8 Å². The Labute approximate surface area is 119 Å². The molecule has 0 unspecified atom stereocenters. The lowest BCUT2D eigenvalue weighted by Crippen LogP contribution is -2.29. The van der Waals surface area contributed by atoms with Crippen LogP contribution >= 0.6 is 27.3 Å². The molecular formula is C13H13BrN2OS. The Balaban J connectivity index is 2.31. The summed E-state index contributed by atoms with van der Waals surface area (Å²) in [5.41, 5.74) is 1.97. The summed E-state index contributed by atoms with van der Waals surface area (Å²) in [5, 5.41) is 0. The highest BCUT2D eigenvalue weighted by Gasteiger charge is 2.18. The van der Waals surface area contributed by atoms with Crippen LogP contribution < -0.4 is 4.90 Å². The molecule has 0 atom stereocenters. The van der Waals surface area contributed by atoms with Crippen LogP contribution in [0.5, 0.6) is 0 Å². The molecule has 0 aromatic carbocycles. The molecule has 0 spiro atoms. The van der Waals surface area contributed by atoms with Crippen LogP contribution in [0.4, 0.5) is 5.69 Å². The van der Waals surface area contributed by atoms with Crippen molar-refractivity contribution in [3.63, 3.8) is 0 Å². The first-order valence-corrected chi connectivity index (χ1v) is 7.22. The zero-order valence-corrected chi connectivity index (χ0v) is 12.6. The number of aryl methyl sites for hydroxylation is 1. The second-order valence-corrected chi connectivity index (χ2v) is 6.19. The van der Waals surface area contributed by atoms with Gasteiger partial charge in [0.05, 0.1) is 8.66 Å². The van der Waals surface area contributed by atoms with Crippen LogP contribution in [0.1, 0.15) is 22.2 Å². The smallest absolute Gasteiger partial charge is 0.268 e. The SMILES string of the molecule is CCN(C(=O)c1cc(C)c(Br)s1)c1ccncc1. The molecule has 0 saturated carbocycles. The maximum Gasteiger partial charge on any atom is 0.268 e. The number of rotatable bonds is 3. The fourth-order valence-electron chi connectivity index (χ4n) is 1.67. The number of hydrogen-bond acceptors (Lipinski definition) is 3. The summed E-state index contributed by atoms with van der Waals surface area (Å²) in [6.07, 6.45) is 3.39. The lowest BCUT2D eigenvalue weighted by molar-refractivity contribution is 0.0992. The van der Waals surface area contributed by atoms with Gasteiger partial charge in [0.2, 0.25) is 0 Å². The number of carbonyl (C=O) groups excluding carboxylic acids is 1. The highest BCUT2D eigenvalue weighted by atomic mass is 79.9. The number of halogens is 1. The van der Waals surface area contributed by atoms with Gasteiger partial charge in [-0.2, -0.15) is 0 Å². The minimum Gasteiger partial charge on any atom is -0.308 e. The Morgan fingerprint density at radius 3 is 2.61 bits per heavy atom. The summed E-state index contributed by atoms with van der Waals surface area (Å²) in [4.78, 5) is 18.9. The zero-order chi connectivity index (χ0) is 13.1. The van der Waals surface area contributed by atoms with Crippen molar-refractivity contribution in [2.45, 2.75) is 13.8 Å². The lowest BCUT2D eigenvalue weighted by Gasteiger charge is -2.19. The van der Waals surface area contributed by atoms with E-state index in [4.69, 9.17) is 0 Å². The van der Waals surface area contributed by atoms with E-state index in [1.54, 1.807) is 17.3 Å². The highest BCUT2D eigenvalue weighted by Crippen LogP contribution is 2.29. The molecule has 3 nitrogen and oxygen atoms in total. The van der Waals surface area contributed by atoms with Gasteiger partial charge in [-0.25, -0.2) is 0 Å². The van der Waals surface area contributed by atoms with Gasteiger partial charge in [-0.15, -0.1) is 11.3 Å². The number of hydrogen-bond donors (Lipinski definition) is 0. The summed E-state index contributed by atoms with van der Waals surface area (Å²) in [6, 6.07) is 5.61. The van der Waals surface area contributed by atoms with Gasteiger partial charge < -0.3 is 4.90 Å². The van der Waals surface area contributed by atoms with Gasteiger partial charge in [0, 0.05) is 24.6 Å². The molecule has 94 valence electrons. The van der Waals surface area contributed by atoms with E-state index < -0.39 is 0 Å². The van der Waals surface area contributed by atoms with E-state index >= 15 is 0 Å². The van der Waals surface area contributed by atoms with E-state index in [2.05, 4.69) is 20.9 Å². The van der Waals surface area contributed by atoms with Crippen LogP contribution in [0.25, 0.3) is 0 Å². The van der Waals surface area contributed by atoms with Gasteiger partial charge in [-0.1, -0.05) is 0 Å². The fraction of sp³-hybridized carbons (Fsp3) is 0.231. The van der Waals surface area contributed by atoms with E-state index in [0.717, 1.165) is 19.9 Å². The van der Waals surface area contributed by atoms with Crippen LogP contribution in [-0.2, 0) is 0 Å². The largest absolute Gasteiger partial charge is 0.308 e. The van der Waals surface area contributed by atoms with Gasteiger partial charge in [0.15, 0.2) is 0 Å². The normalized spacial score (nSPS) is 10.4. The van der Waals surface area contributed by atoms with Crippen LogP contribution in [0, 0.1) is 6.92 Å². The molecule has 2 aromatic heterocycles. The number of thiophene rings is 1. The minimum atomic E-state index is 0.0301. The van der Waals surface area contributed by atoms with E-state index in [1.165, 1.54) is 11.3 Å². The first kappa shape index (κ1) is 13.2. The topological polar surface area (TPSA) is 33.2 Å². The van der Waals surface area contributed by atoms with Crippen LogP contribution in [-0.4, -0.2) is 17.4 Å². The van der Waals surface area contributed by atoms with Crippen molar-refractivity contribution >= 4 is 38.9 Å². The van der Waals surface area contributed by atoms with Crippen molar-refractivity contribution in [2.24, 2.45) is 0 Å². The van der Waals surface area contributed by atoms with Crippen molar-refractivity contribution in [1.82, 2.24) is 4.98 Å². The second kappa shape index (κ2) is 5.63. The standard InChI is InChI=1S/C13H13BrN2OS/c1-3-16(10-4-6-15-7-5-10)13(17)11-8-9(2)12(14)18-11/h4-8H,3H2,1-2H3. The van der Waals surface area contributed by atoms with Gasteiger partial charge in [0.25, 0.3) is 5.91 Å². The molecule has 0 fully saturated rings. The third kappa shape index (κ3) is 2.62. The van der Waals surface area contributed by atoms with Crippen molar-refractivity contribution in [3.8, 4) is 0 Å². The molecule has 2 rings (SSSR count). The summed E-state index contributed by atoms with van der Waals surface area (Å²) < 4.78 is 1.01. The lowest BCUT2D eigenvalue weighted by atomic mass is 10.3. The molecule has 2 aromatic rings. The zero-order valence-electron chi connectivity index (χ0n) is 10.2. The summed E-state index contributed by atoms with van der Waals surface area (Å²) in [7, 11) is 0. The summed E-state index contributed by atoms with van der Waals surface area (Å²) in [5.74, 6) is 0.0301. The molecule has 0 radical (unpaired) electrons. The average molecular weight is 325 g/mol. The van der Waals surface area contributed by atoms with Crippen molar-refractivity contribution in [1.29, 1.82) is 0 Å². The Bertz CT molecular complexity index is 534. The molecule has 0 saturated heterocycles. The molecular weight excluding hydrogens is 312 g/mol. The summed E-state index contributed by atoms with van der Waals surface area (Å²) in [6.45, 7) is 4.59. The Morgan fingerprint density at radius 2 is 2.11 bits per heavy atom. The Hall–Kier alpha value is -1.20.